The van der Waals surface area contributed by atoms with Crippen molar-refractivity contribution in [2.75, 3.05) is 0 Å². The van der Waals surface area contributed by atoms with Gasteiger partial charge < -0.3 is 10.0 Å². The van der Waals surface area contributed by atoms with Crippen LogP contribution in [0.4, 0.5) is 0 Å². The van der Waals surface area contributed by atoms with Gasteiger partial charge in [-0.3, -0.25) is 14.6 Å². The van der Waals surface area contributed by atoms with Crippen LogP contribution in [0.2, 0.25) is 0 Å². The zero-order valence-corrected chi connectivity index (χ0v) is 13.8. The quantitative estimate of drug-likeness (QED) is 0.394. The lowest BCUT2D eigenvalue weighted by Gasteiger charge is -2.35. The van der Waals surface area contributed by atoms with E-state index in [1.807, 2.05) is 0 Å². The number of β-lactam (4-membered cyclic amide) rings is 1. The van der Waals surface area contributed by atoms with Crippen LogP contribution in [0.1, 0.15) is 23.7 Å². The number of carbonyl (C=O) groups is 3. The number of aliphatic carboxylic acids is 1. The lowest BCUT2D eigenvalue weighted by molar-refractivity contribution is -0.156. The Balaban J connectivity index is 1.87. The van der Waals surface area contributed by atoms with Crippen molar-refractivity contribution in [3.63, 3.8) is 0 Å². The SMILES string of the molecule is C[C@]1(/C=N/NC(=O)c2cccnc2)[C@H](C(=O)O)N2C(=O)C[C@H]2S1(=O)=O. The highest BCUT2D eigenvalue weighted by Gasteiger charge is 2.69. The van der Waals surface area contributed by atoms with Gasteiger partial charge in [0, 0.05) is 18.6 Å². The van der Waals surface area contributed by atoms with Crippen LogP contribution in [0.15, 0.2) is 29.6 Å². The molecule has 11 heteroatoms. The Bertz CT molecular complexity index is 884. The number of carbonyl (C=O) groups excluding carboxylic acids is 2. The second-order valence-corrected chi connectivity index (χ2v) is 8.38. The van der Waals surface area contributed by atoms with E-state index >= 15 is 0 Å². The molecule has 0 spiro atoms. The number of hydrogen-bond donors (Lipinski definition) is 2. The average molecular weight is 366 g/mol. The molecule has 0 bridgehead atoms. The number of hydrogen-bond acceptors (Lipinski definition) is 7. The summed E-state index contributed by atoms with van der Waals surface area (Å²) in [5.41, 5.74) is 2.34. The number of carboxylic acids is 1. The molecule has 2 N–H and O–H groups in total. The van der Waals surface area contributed by atoms with Crippen LogP contribution in [0.25, 0.3) is 0 Å². The molecule has 0 saturated carbocycles. The third-order valence-corrected chi connectivity index (χ3v) is 7.05. The van der Waals surface area contributed by atoms with Gasteiger partial charge in [-0.25, -0.2) is 18.6 Å². The Morgan fingerprint density at radius 2 is 2.24 bits per heavy atom. The van der Waals surface area contributed by atoms with Gasteiger partial charge in [0.1, 0.15) is 10.1 Å². The molecule has 132 valence electrons. The molecular weight excluding hydrogens is 352 g/mol. The van der Waals surface area contributed by atoms with Gasteiger partial charge in [0.15, 0.2) is 15.9 Å². The number of amides is 2. The molecule has 2 amide bonds. The molecule has 3 rings (SSSR count). The third-order valence-electron chi connectivity index (χ3n) is 4.38. The molecule has 0 radical (unpaired) electrons. The van der Waals surface area contributed by atoms with Crippen LogP contribution in [-0.4, -0.2) is 63.6 Å². The standard InChI is InChI=1S/C14H14N4O6S/c1-14(7-16-17-12(20)8-3-2-4-15-6-8)11(13(21)22)18-9(19)5-10(18)25(14,23)24/h2-4,6-7,10-11H,5H2,1H3,(H,17,20)(H,21,22)/b16-7+/t10-,11+,14+/m1/s1. The van der Waals surface area contributed by atoms with E-state index < -0.39 is 43.8 Å². The van der Waals surface area contributed by atoms with Crippen LogP contribution >= 0.6 is 0 Å². The Morgan fingerprint density at radius 1 is 1.52 bits per heavy atom. The van der Waals surface area contributed by atoms with E-state index in [4.69, 9.17) is 0 Å². The molecule has 25 heavy (non-hydrogen) atoms. The second kappa shape index (κ2) is 5.62. The van der Waals surface area contributed by atoms with Crippen molar-refractivity contribution in [2.45, 2.75) is 29.5 Å². The molecule has 3 atom stereocenters. The molecule has 1 aromatic rings. The second-order valence-electron chi connectivity index (χ2n) is 5.87. The van der Waals surface area contributed by atoms with Gasteiger partial charge >= 0.3 is 5.97 Å². The Kier molecular flexibility index (Phi) is 3.82. The minimum Gasteiger partial charge on any atom is -0.480 e. The van der Waals surface area contributed by atoms with Crippen LogP contribution in [-0.2, 0) is 19.4 Å². The highest BCUT2D eigenvalue weighted by Crippen LogP contribution is 2.45. The van der Waals surface area contributed by atoms with Crippen molar-refractivity contribution in [3.05, 3.63) is 30.1 Å². The number of fused-ring (bicyclic) bond motifs is 1. The van der Waals surface area contributed by atoms with Gasteiger partial charge in [0.05, 0.1) is 12.0 Å². The first-order chi connectivity index (χ1) is 11.7. The molecular formula is C14H14N4O6S. The van der Waals surface area contributed by atoms with Crippen LogP contribution < -0.4 is 5.43 Å². The third kappa shape index (κ3) is 2.38. The van der Waals surface area contributed by atoms with E-state index in [1.165, 1.54) is 25.4 Å². The van der Waals surface area contributed by atoms with Crippen molar-refractivity contribution < 1.29 is 27.9 Å². The van der Waals surface area contributed by atoms with E-state index in [0.717, 1.165) is 11.1 Å². The largest absolute Gasteiger partial charge is 0.480 e. The number of nitrogens with one attached hydrogen (secondary N) is 1. The van der Waals surface area contributed by atoms with Gasteiger partial charge in [-0.15, -0.1) is 0 Å². The number of sulfone groups is 1. The number of pyridine rings is 1. The van der Waals surface area contributed by atoms with Crippen LogP contribution in [0.5, 0.6) is 0 Å². The summed E-state index contributed by atoms with van der Waals surface area (Å²) < 4.78 is 23.3. The van der Waals surface area contributed by atoms with Crippen molar-refractivity contribution in [2.24, 2.45) is 5.10 Å². The first kappa shape index (κ1) is 17.0. The van der Waals surface area contributed by atoms with Crippen molar-refractivity contribution in [1.82, 2.24) is 15.3 Å². The fourth-order valence-electron chi connectivity index (χ4n) is 2.98. The zero-order chi connectivity index (χ0) is 18.4. The summed E-state index contributed by atoms with van der Waals surface area (Å²) in [4.78, 5) is 39.7. The number of rotatable bonds is 4. The van der Waals surface area contributed by atoms with Crippen molar-refractivity contribution >= 4 is 33.8 Å². The highest BCUT2D eigenvalue weighted by atomic mass is 32.2. The Hall–Kier alpha value is -2.82. The van der Waals surface area contributed by atoms with Gasteiger partial charge in [-0.1, -0.05) is 0 Å². The zero-order valence-electron chi connectivity index (χ0n) is 13.0. The van der Waals surface area contributed by atoms with E-state index in [-0.39, 0.29) is 12.0 Å². The lowest BCUT2D eigenvalue weighted by Crippen LogP contribution is -2.57. The molecule has 2 saturated heterocycles. The first-order valence-electron chi connectivity index (χ1n) is 7.22. The first-order valence-corrected chi connectivity index (χ1v) is 8.77. The summed E-state index contributed by atoms with van der Waals surface area (Å²) >= 11 is 0. The van der Waals surface area contributed by atoms with E-state index in [1.54, 1.807) is 6.07 Å². The number of carboxylic acid groups (broad SMARTS) is 1. The van der Waals surface area contributed by atoms with Gasteiger partial charge in [-0.2, -0.15) is 5.10 Å². The van der Waals surface area contributed by atoms with Crippen molar-refractivity contribution in [1.29, 1.82) is 0 Å². The van der Waals surface area contributed by atoms with E-state index in [2.05, 4.69) is 15.5 Å². The summed E-state index contributed by atoms with van der Waals surface area (Å²) in [6.07, 6.45) is 3.38. The fourth-order valence-corrected chi connectivity index (χ4v) is 5.20. The van der Waals surface area contributed by atoms with Gasteiger partial charge in [-0.05, 0) is 19.1 Å². The number of nitrogens with zero attached hydrogens (tertiary/aromatic N) is 3. The Labute approximate surface area is 142 Å². The summed E-state index contributed by atoms with van der Waals surface area (Å²) in [5.74, 6) is -2.63. The summed E-state index contributed by atoms with van der Waals surface area (Å²) in [6.45, 7) is 1.17. The monoisotopic (exact) mass is 366 g/mol. The normalized spacial score (nSPS) is 30.0. The van der Waals surface area contributed by atoms with Gasteiger partial charge in [0.25, 0.3) is 5.91 Å². The van der Waals surface area contributed by atoms with Gasteiger partial charge in [0.2, 0.25) is 5.91 Å². The summed E-state index contributed by atoms with van der Waals surface area (Å²) in [7, 11) is -4.01. The highest BCUT2D eigenvalue weighted by molar-refractivity contribution is 7.94. The molecule has 0 unspecified atom stereocenters. The Morgan fingerprint density at radius 3 is 2.80 bits per heavy atom. The molecule has 1 aromatic heterocycles. The predicted octanol–water partition coefficient (Wildman–Crippen LogP) is -1.00. The molecule has 2 aliphatic heterocycles. The molecule has 0 aromatic carbocycles. The predicted molar refractivity (Wildman–Crippen MR) is 84.2 cm³/mol. The van der Waals surface area contributed by atoms with Crippen molar-refractivity contribution in [3.8, 4) is 0 Å². The van der Waals surface area contributed by atoms with E-state index in [9.17, 15) is 27.9 Å². The average Bonchev–Trinajstić information content (AvgIpc) is 2.70. The molecule has 0 aliphatic carbocycles. The summed E-state index contributed by atoms with van der Waals surface area (Å²) in [6, 6.07) is 1.43. The van der Waals surface area contributed by atoms with Crippen LogP contribution in [0.3, 0.4) is 0 Å². The lowest BCUT2D eigenvalue weighted by atomic mass is 9.97. The molecule has 3 heterocycles. The minimum atomic E-state index is -4.01. The number of aromatic nitrogens is 1. The maximum atomic E-state index is 12.6. The maximum absolute atomic E-state index is 12.6. The minimum absolute atomic E-state index is 0.202. The maximum Gasteiger partial charge on any atom is 0.328 e. The molecule has 10 nitrogen and oxygen atoms in total. The molecule has 2 fully saturated rings. The van der Waals surface area contributed by atoms with Crippen LogP contribution in [0, 0.1) is 0 Å². The smallest absolute Gasteiger partial charge is 0.328 e. The summed E-state index contributed by atoms with van der Waals surface area (Å²) in [5, 5.41) is 11.8. The molecule has 2 aliphatic rings. The topological polar surface area (TPSA) is 146 Å². The number of hydrazone groups is 1. The fraction of sp³-hybridized carbons (Fsp3) is 0.357. The van der Waals surface area contributed by atoms with E-state index in [0.29, 0.717) is 0 Å².